The minimum absolute atomic E-state index is 0.0137. The van der Waals surface area contributed by atoms with Crippen LogP contribution in [0.2, 0.25) is 0 Å². The van der Waals surface area contributed by atoms with Crippen LogP contribution in [0.3, 0.4) is 0 Å². The lowest BCUT2D eigenvalue weighted by Gasteiger charge is -2.30. The smallest absolute Gasteiger partial charge is 0.268 e. The maximum Gasteiger partial charge on any atom is 0.268 e. The highest BCUT2D eigenvalue weighted by Crippen LogP contribution is 2.38. The molecule has 8 nitrogen and oxygen atoms in total. The van der Waals surface area contributed by atoms with Crippen molar-refractivity contribution in [2.75, 3.05) is 40.9 Å². The van der Waals surface area contributed by atoms with Crippen LogP contribution in [0.5, 0.6) is 0 Å². The van der Waals surface area contributed by atoms with Crippen LogP contribution in [-0.4, -0.2) is 68.5 Å². The van der Waals surface area contributed by atoms with Crippen molar-refractivity contribution in [3.8, 4) is 0 Å². The van der Waals surface area contributed by atoms with Gasteiger partial charge in [-0.05, 0) is 38.5 Å². The third-order valence-electron chi connectivity index (χ3n) is 13.5. The molecule has 1 amide bonds. The Balaban J connectivity index is 4.12. The average molecular weight is 956 g/mol. The Morgan fingerprint density at radius 3 is 1.18 bits per heavy atom. The summed E-state index contributed by atoms with van der Waals surface area (Å²) >= 11 is 0. The summed E-state index contributed by atoms with van der Waals surface area (Å²) < 4.78 is 23.4. The minimum Gasteiger partial charge on any atom is -0.756 e. The highest BCUT2D eigenvalue weighted by Gasteiger charge is 2.24. The summed E-state index contributed by atoms with van der Waals surface area (Å²) in [7, 11) is 1.32. The average Bonchev–Trinajstić information content (AvgIpc) is 3.28. The highest BCUT2D eigenvalue weighted by molar-refractivity contribution is 7.45. The number of hydrogen-bond donors (Lipinski definition) is 2. The lowest BCUT2D eigenvalue weighted by Crippen LogP contribution is -2.46. The van der Waals surface area contributed by atoms with Crippen molar-refractivity contribution in [1.29, 1.82) is 0 Å². The second-order valence-electron chi connectivity index (χ2n) is 21.4. The van der Waals surface area contributed by atoms with Gasteiger partial charge in [0.25, 0.3) is 7.82 Å². The molecule has 0 rings (SSSR count). The molecular formula is C57H115N2O6P. The third-order valence-corrected chi connectivity index (χ3v) is 14.5. The fourth-order valence-corrected chi connectivity index (χ4v) is 9.64. The Labute approximate surface area is 412 Å². The molecule has 0 radical (unpaired) electrons. The van der Waals surface area contributed by atoms with E-state index in [1.807, 2.05) is 21.1 Å². The second kappa shape index (κ2) is 49.2. The first kappa shape index (κ1) is 65.2. The van der Waals surface area contributed by atoms with Gasteiger partial charge in [0.1, 0.15) is 13.2 Å². The van der Waals surface area contributed by atoms with Crippen molar-refractivity contribution in [2.24, 2.45) is 0 Å². The molecule has 0 aliphatic carbocycles. The number of rotatable bonds is 54. The van der Waals surface area contributed by atoms with Gasteiger partial charge < -0.3 is 28.8 Å². The summed E-state index contributed by atoms with van der Waals surface area (Å²) in [6, 6.07) is -0.800. The van der Waals surface area contributed by atoms with Crippen LogP contribution in [0.4, 0.5) is 0 Å². The largest absolute Gasteiger partial charge is 0.756 e. The number of amides is 1. The van der Waals surface area contributed by atoms with E-state index < -0.39 is 20.0 Å². The molecule has 66 heavy (non-hydrogen) atoms. The van der Waals surface area contributed by atoms with Gasteiger partial charge in [0, 0.05) is 6.42 Å². The fraction of sp³-hybridized carbons (Fsp3) is 0.947. The van der Waals surface area contributed by atoms with Crippen molar-refractivity contribution < 1.29 is 32.9 Å². The number of quaternary nitrogens is 1. The summed E-state index contributed by atoms with van der Waals surface area (Å²) in [5, 5.41) is 14.0. The molecule has 3 atom stereocenters. The minimum atomic E-state index is -4.57. The van der Waals surface area contributed by atoms with E-state index in [-0.39, 0.29) is 19.1 Å². The van der Waals surface area contributed by atoms with Gasteiger partial charge in [-0.1, -0.05) is 264 Å². The maximum absolute atomic E-state index is 13.0. The number of nitrogens with zero attached hydrogens (tertiary/aromatic N) is 1. The van der Waals surface area contributed by atoms with Gasteiger partial charge in [-0.25, -0.2) is 0 Å². The van der Waals surface area contributed by atoms with Crippen molar-refractivity contribution in [3.05, 3.63) is 12.2 Å². The van der Waals surface area contributed by atoms with Crippen LogP contribution >= 0.6 is 7.82 Å². The molecule has 2 N–H and O–H groups in total. The van der Waals surface area contributed by atoms with Crippen LogP contribution in [0.25, 0.3) is 0 Å². The summed E-state index contributed by atoms with van der Waals surface area (Å²) in [6.07, 6.45) is 59.6. The molecule has 0 aromatic heterocycles. The van der Waals surface area contributed by atoms with Crippen molar-refractivity contribution in [1.82, 2.24) is 5.32 Å². The molecule has 0 heterocycles. The Hall–Kier alpha value is -0.760. The molecular weight excluding hydrogens is 840 g/mol. The molecule has 0 aliphatic heterocycles. The normalized spacial score (nSPS) is 14.0. The Bertz CT molecular complexity index is 1080. The van der Waals surface area contributed by atoms with Gasteiger partial charge >= 0.3 is 0 Å². The van der Waals surface area contributed by atoms with E-state index in [1.54, 1.807) is 0 Å². The van der Waals surface area contributed by atoms with Crippen molar-refractivity contribution in [3.63, 3.8) is 0 Å². The number of phosphoric acid groups is 1. The van der Waals surface area contributed by atoms with E-state index in [2.05, 4.69) is 31.3 Å². The number of unbranched alkanes of at least 4 members (excludes halogenated alkanes) is 39. The Morgan fingerprint density at radius 1 is 0.515 bits per heavy atom. The number of carbonyl (C=O) groups is 1. The molecule has 394 valence electrons. The summed E-state index contributed by atoms with van der Waals surface area (Å²) in [4.78, 5) is 25.5. The van der Waals surface area contributed by atoms with E-state index >= 15 is 0 Å². The number of hydrogen-bond acceptors (Lipinski definition) is 6. The molecule has 0 aromatic rings. The second-order valence-corrected chi connectivity index (χ2v) is 22.8. The number of allylic oxidation sites excluding steroid dienone is 2. The molecule has 0 saturated heterocycles. The summed E-state index contributed by atoms with van der Waals surface area (Å²) in [5.41, 5.74) is 0. The first-order valence-corrected chi connectivity index (χ1v) is 30.5. The van der Waals surface area contributed by atoms with E-state index in [0.29, 0.717) is 23.9 Å². The predicted molar refractivity (Wildman–Crippen MR) is 284 cm³/mol. The molecule has 0 saturated carbocycles. The van der Waals surface area contributed by atoms with Crippen LogP contribution in [0.15, 0.2) is 12.2 Å². The lowest BCUT2D eigenvalue weighted by atomic mass is 10.0. The number of aliphatic hydroxyl groups excluding tert-OH is 1. The highest BCUT2D eigenvalue weighted by atomic mass is 31.2. The standard InChI is InChI=1S/C57H115N2O6P/c1-6-8-10-12-14-16-18-20-22-24-26-27-28-29-30-31-32-33-34-36-38-40-42-44-46-48-50-56(60)55(54-65-66(62,63)64-53-52-59(3,4)5)58-57(61)51-49-47-45-43-41-39-37-35-25-23-21-19-17-15-13-11-9-7-2/h23,25,55-56,60H,6-22,24,26-54H2,1-5H3,(H-,58,61,62,63)/b25-23-. The molecule has 0 aromatic carbocycles. The predicted octanol–water partition coefficient (Wildman–Crippen LogP) is 16.8. The van der Waals surface area contributed by atoms with Crippen molar-refractivity contribution >= 4 is 13.7 Å². The van der Waals surface area contributed by atoms with Gasteiger partial charge in [0.05, 0.1) is 39.9 Å². The summed E-state index contributed by atoms with van der Waals surface area (Å²) in [5.74, 6) is -0.164. The topological polar surface area (TPSA) is 108 Å². The van der Waals surface area contributed by atoms with E-state index in [4.69, 9.17) is 9.05 Å². The van der Waals surface area contributed by atoms with Gasteiger partial charge in [-0.2, -0.15) is 0 Å². The van der Waals surface area contributed by atoms with Crippen LogP contribution in [0, 0.1) is 0 Å². The van der Waals surface area contributed by atoms with Gasteiger partial charge in [-0.15, -0.1) is 0 Å². The van der Waals surface area contributed by atoms with Crippen molar-refractivity contribution in [2.45, 2.75) is 309 Å². The third kappa shape index (κ3) is 51.1. The summed E-state index contributed by atoms with van der Waals surface area (Å²) in [6.45, 7) is 4.76. The van der Waals surface area contributed by atoms with Gasteiger partial charge in [-0.3, -0.25) is 9.36 Å². The van der Waals surface area contributed by atoms with Gasteiger partial charge in [0.15, 0.2) is 0 Å². The fourth-order valence-electron chi connectivity index (χ4n) is 8.92. The van der Waals surface area contributed by atoms with E-state index in [0.717, 1.165) is 38.5 Å². The van der Waals surface area contributed by atoms with E-state index in [1.165, 1.54) is 231 Å². The zero-order chi connectivity index (χ0) is 48.5. The number of phosphoric ester groups is 1. The monoisotopic (exact) mass is 955 g/mol. The van der Waals surface area contributed by atoms with Crippen LogP contribution in [-0.2, 0) is 18.4 Å². The molecule has 0 spiro atoms. The molecule has 0 fully saturated rings. The number of aliphatic hydroxyl groups is 1. The quantitative estimate of drug-likeness (QED) is 0.0272. The molecule has 0 aliphatic rings. The molecule has 0 bridgehead atoms. The zero-order valence-electron chi connectivity index (χ0n) is 44.9. The lowest BCUT2D eigenvalue weighted by molar-refractivity contribution is -0.870. The Morgan fingerprint density at radius 2 is 0.833 bits per heavy atom. The van der Waals surface area contributed by atoms with Gasteiger partial charge in [0.2, 0.25) is 5.91 Å². The van der Waals surface area contributed by atoms with Crippen LogP contribution in [0.1, 0.15) is 296 Å². The first-order valence-electron chi connectivity index (χ1n) is 29.0. The van der Waals surface area contributed by atoms with Crippen LogP contribution < -0.4 is 10.2 Å². The number of likely N-dealkylation sites (N-methyl/N-ethyl adjacent to an activating group) is 1. The number of nitrogens with one attached hydrogen (secondary N) is 1. The number of carbonyl (C=O) groups excluding carboxylic acids is 1. The SMILES string of the molecule is CCCCCCCCC/C=C\CCCCCCCCCC(=O)NC(COP(=O)([O-])OCC[N+](C)(C)C)C(O)CCCCCCCCCCCCCCCCCCCCCCCCCCCC. The molecule has 9 heteroatoms. The molecule has 3 unspecified atom stereocenters. The van der Waals surface area contributed by atoms with E-state index in [9.17, 15) is 19.4 Å². The first-order chi connectivity index (χ1) is 32.0. The Kier molecular flexibility index (Phi) is 48.7. The maximum atomic E-state index is 13.0. The zero-order valence-corrected chi connectivity index (χ0v) is 45.8.